The molecule has 1 rings (SSSR count). The van der Waals surface area contributed by atoms with Gasteiger partial charge in [0.25, 0.3) is 0 Å². The first-order chi connectivity index (χ1) is 7.13. The van der Waals surface area contributed by atoms with Crippen molar-refractivity contribution in [1.82, 2.24) is 9.80 Å². The number of carbonyl (C=O) groups is 1. The van der Waals surface area contributed by atoms with E-state index >= 15 is 0 Å². The van der Waals surface area contributed by atoms with Crippen LogP contribution in [0.4, 0.5) is 0 Å². The van der Waals surface area contributed by atoms with Crippen LogP contribution in [0.2, 0.25) is 0 Å². The molecule has 0 aromatic heterocycles. The van der Waals surface area contributed by atoms with E-state index in [0.29, 0.717) is 18.2 Å². The monoisotopic (exact) mass is 212 g/mol. The zero-order chi connectivity index (χ0) is 11.3. The molecule has 3 heteroatoms. The molecule has 0 heterocycles. The van der Waals surface area contributed by atoms with Crippen LogP contribution < -0.4 is 0 Å². The zero-order valence-corrected chi connectivity index (χ0v) is 10.3. The van der Waals surface area contributed by atoms with Gasteiger partial charge in [0.2, 0.25) is 0 Å². The van der Waals surface area contributed by atoms with Crippen LogP contribution in [-0.4, -0.2) is 55.9 Å². The van der Waals surface area contributed by atoms with Gasteiger partial charge in [-0.15, -0.1) is 0 Å². The molecule has 1 aliphatic carbocycles. The van der Waals surface area contributed by atoms with Gasteiger partial charge >= 0.3 is 0 Å². The summed E-state index contributed by atoms with van der Waals surface area (Å²) in [5, 5.41) is 0. The number of ketones is 1. The average molecular weight is 212 g/mol. The highest BCUT2D eigenvalue weighted by atomic mass is 16.1. The number of hydrogen-bond acceptors (Lipinski definition) is 3. The third-order valence-electron chi connectivity index (χ3n) is 2.82. The second-order valence-electron chi connectivity index (χ2n) is 4.82. The minimum atomic E-state index is 0.406. The molecule has 1 aliphatic rings. The Kier molecular flexibility index (Phi) is 5.26. The molecule has 1 fully saturated rings. The Morgan fingerprint density at radius 3 is 2.33 bits per heavy atom. The quantitative estimate of drug-likeness (QED) is 0.605. The topological polar surface area (TPSA) is 23.6 Å². The van der Waals surface area contributed by atoms with Gasteiger partial charge in [-0.2, -0.15) is 0 Å². The number of likely N-dealkylation sites (N-methyl/N-ethyl adjacent to an activating group) is 1. The molecular formula is C12H24N2O. The Hall–Kier alpha value is -0.410. The molecule has 1 saturated carbocycles. The number of nitrogens with zero attached hydrogens (tertiary/aromatic N) is 2. The van der Waals surface area contributed by atoms with Crippen molar-refractivity contribution in [2.45, 2.75) is 26.2 Å². The maximum atomic E-state index is 11.7. The molecule has 0 saturated heterocycles. The van der Waals surface area contributed by atoms with Crippen LogP contribution >= 0.6 is 0 Å². The lowest BCUT2D eigenvalue weighted by Crippen LogP contribution is -2.36. The molecule has 0 amide bonds. The lowest BCUT2D eigenvalue weighted by atomic mass is 10.2. The zero-order valence-electron chi connectivity index (χ0n) is 10.3. The number of rotatable bonds is 8. The molecular weight excluding hydrogens is 188 g/mol. The van der Waals surface area contributed by atoms with Crippen molar-refractivity contribution in [1.29, 1.82) is 0 Å². The SMILES string of the molecule is CCCN(CCN(C)C)CC(=O)C1CC1. The predicted octanol–water partition coefficient (Wildman–Crippen LogP) is 1.24. The van der Waals surface area contributed by atoms with Gasteiger partial charge in [0.1, 0.15) is 5.78 Å². The van der Waals surface area contributed by atoms with E-state index < -0.39 is 0 Å². The third-order valence-corrected chi connectivity index (χ3v) is 2.82. The normalized spacial score (nSPS) is 16.3. The molecule has 3 nitrogen and oxygen atoms in total. The lowest BCUT2D eigenvalue weighted by Gasteiger charge is -2.22. The molecule has 0 radical (unpaired) electrons. The van der Waals surface area contributed by atoms with Crippen molar-refractivity contribution in [3.05, 3.63) is 0 Å². The van der Waals surface area contributed by atoms with Crippen LogP contribution in [0.1, 0.15) is 26.2 Å². The number of hydrogen-bond donors (Lipinski definition) is 0. The molecule has 0 N–H and O–H groups in total. The van der Waals surface area contributed by atoms with Crippen molar-refractivity contribution in [2.75, 3.05) is 40.3 Å². The van der Waals surface area contributed by atoms with Gasteiger partial charge in [-0.3, -0.25) is 9.69 Å². The third kappa shape index (κ3) is 5.28. The van der Waals surface area contributed by atoms with E-state index in [-0.39, 0.29) is 0 Å². The molecule has 0 unspecified atom stereocenters. The lowest BCUT2D eigenvalue weighted by molar-refractivity contribution is -0.121. The largest absolute Gasteiger partial charge is 0.308 e. The van der Waals surface area contributed by atoms with E-state index in [0.717, 1.165) is 38.9 Å². The van der Waals surface area contributed by atoms with E-state index in [2.05, 4.69) is 30.8 Å². The smallest absolute Gasteiger partial charge is 0.149 e. The molecule has 15 heavy (non-hydrogen) atoms. The number of Topliss-reactive ketones (excluding diaryl/α,β-unsaturated/α-hetero) is 1. The molecule has 0 bridgehead atoms. The van der Waals surface area contributed by atoms with Gasteiger partial charge in [0, 0.05) is 19.0 Å². The fraction of sp³-hybridized carbons (Fsp3) is 0.917. The van der Waals surface area contributed by atoms with Gasteiger partial charge in [0.15, 0.2) is 0 Å². The summed E-state index contributed by atoms with van der Waals surface area (Å²) in [4.78, 5) is 16.1. The predicted molar refractivity (Wildman–Crippen MR) is 63.0 cm³/mol. The molecule has 0 aromatic rings. The summed E-state index contributed by atoms with van der Waals surface area (Å²) in [6, 6.07) is 0. The first kappa shape index (κ1) is 12.7. The fourth-order valence-corrected chi connectivity index (χ4v) is 1.68. The minimum Gasteiger partial charge on any atom is -0.308 e. The van der Waals surface area contributed by atoms with Gasteiger partial charge in [-0.25, -0.2) is 0 Å². The van der Waals surface area contributed by atoms with E-state index in [1.807, 2.05) is 0 Å². The fourth-order valence-electron chi connectivity index (χ4n) is 1.68. The summed E-state index contributed by atoms with van der Waals surface area (Å²) in [6.45, 7) is 5.94. The van der Waals surface area contributed by atoms with Crippen molar-refractivity contribution < 1.29 is 4.79 Å². The minimum absolute atomic E-state index is 0.406. The van der Waals surface area contributed by atoms with Crippen molar-refractivity contribution in [3.63, 3.8) is 0 Å². The van der Waals surface area contributed by atoms with Crippen LogP contribution in [0, 0.1) is 5.92 Å². The molecule has 88 valence electrons. The Morgan fingerprint density at radius 2 is 1.87 bits per heavy atom. The van der Waals surface area contributed by atoms with Crippen LogP contribution in [0.3, 0.4) is 0 Å². The molecule has 0 aliphatic heterocycles. The Morgan fingerprint density at radius 1 is 1.20 bits per heavy atom. The van der Waals surface area contributed by atoms with E-state index in [1.54, 1.807) is 0 Å². The highest BCUT2D eigenvalue weighted by Crippen LogP contribution is 2.29. The Bertz CT molecular complexity index is 200. The van der Waals surface area contributed by atoms with Crippen LogP contribution in [0.5, 0.6) is 0 Å². The summed E-state index contributed by atoms with van der Waals surface area (Å²) < 4.78 is 0. The highest BCUT2D eigenvalue weighted by Gasteiger charge is 2.30. The van der Waals surface area contributed by atoms with Gasteiger partial charge < -0.3 is 4.90 Å². The summed E-state index contributed by atoms with van der Waals surface area (Å²) in [7, 11) is 4.15. The molecule has 0 spiro atoms. The molecule has 0 atom stereocenters. The second kappa shape index (κ2) is 6.23. The van der Waals surface area contributed by atoms with Crippen LogP contribution in [-0.2, 0) is 4.79 Å². The highest BCUT2D eigenvalue weighted by molar-refractivity contribution is 5.84. The summed E-state index contributed by atoms with van der Waals surface area (Å²) in [5.74, 6) is 0.867. The first-order valence-electron chi connectivity index (χ1n) is 6.03. The Balaban J connectivity index is 2.24. The van der Waals surface area contributed by atoms with Crippen LogP contribution in [0.15, 0.2) is 0 Å². The summed E-state index contributed by atoms with van der Waals surface area (Å²) in [5.41, 5.74) is 0. The first-order valence-corrected chi connectivity index (χ1v) is 6.03. The van der Waals surface area contributed by atoms with Gasteiger partial charge in [0.05, 0.1) is 6.54 Å². The molecule has 0 aromatic carbocycles. The van der Waals surface area contributed by atoms with Crippen LogP contribution in [0.25, 0.3) is 0 Å². The van der Waals surface area contributed by atoms with E-state index in [1.165, 1.54) is 0 Å². The van der Waals surface area contributed by atoms with Crippen molar-refractivity contribution >= 4 is 5.78 Å². The summed E-state index contributed by atoms with van der Waals surface area (Å²) >= 11 is 0. The summed E-state index contributed by atoms with van der Waals surface area (Å²) in [6.07, 6.45) is 3.39. The maximum absolute atomic E-state index is 11.7. The number of carbonyl (C=O) groups excluding carboxylic acids is 1. The van der Waals surface area contributed by atoms with E-state index in [9.17, 15) is 4.79 Å². The maximum Gasteiger partial charge on any atom is 0.149 e. The van der Waals surface area contributed by atoms with Gasteiger partial charge in [-0.1, -0.05) is 6.92 Å². The van der Waals surface area contributed by atoms with E-state index in [4.69, 9.17) is 0 Å². The average Bonchev–Trinajstić information content (AvgIpc) is 2.97. The van der Waals surface area contributed by atoms with Crippen molar-refractivity contribution in [2.24, 2.45) is 5.92 Å². The second-order valence-corrected chi connectivity index (χ2v) is 4.82. The van der Waals surface area contributed by atoms with Gasteiger partial charge in [-0.05, 0) is 39.9 Å². The Labute approximate surface area is 93.4 Å². The van der Waals surface area contributed by atoms with Crippen molar-refractivity contribution in [3.8, 4) is 0 Å². The standard InChI is InChI=1S/C12H24N2O/c1-4-7-14(9-8-13(2)3)10-12(15)11-5-6-11/h11H,4-10H2,1-3H3.